The third-order valence-electron chi connectivity index (χ3n) is 5.15. The lowest BCUT2D eigenvalue weighted by molar-refractivity contribution is -0.122. The Morgan fingerprint density at radius 1 is 0.917 bits per heavy atom. The van der Waals surface area contributed by atoms with E-state index in [0.717, 1.165) is 19.4 Å². The summed E-state index contributed by atoms with van der Waals surface area (Å²) in [5.74, 6) is -0.422. The predicted octanol–water partition coefficient (Wildman–Crippen LogP) is 6.24. The molecular formula is C27H22Br2N2O5. The molecule has 0 aromatic heterocycles. The van der Waals surface area contributed by atoms with E-state index >= 15 is 0 Å². The van der Waals surface area contributed by atoms with Crippen LogP contribution in [0.1, 0.15) is 25.0 Å². The summed E-state index contributed by atoms with van der Waals surface area (Å²) in [6.07, 6.45) is 1.32. The molecule has 0 atom stereocenters. The van der Waals surface area contributed by atoms with Gasteiger partial charge in [-0.25, -0.2) is 9.69 Å². The minimum Gasteiger partial charge on any atom is -0.490 e. The van der Waals surface area contributed by atoms with E-state index < -0.39 is 17.8 Å². The highest BCUT2D eigenvalue weighted by Gasteiger charge is 2.37. The number of carbonyl (C=O) groups excluding carboxylic acids is 3. The molecular weight excluding hydrogens is 592 g/mol. The number of hydrogen-bond donors (Lipinski definition) is 1. The summed E-state index contributed by atoms with van der Waals surface area (Å²) < 4.78 is 13.3. The van der Waals surface area contributed by atoms with Gasteiger partial charge in [0.25, 0.3) is 11.8 Å². The minimum atomic E-state index is -0.821. The number of anilines is 1. The van der Waals surface area contributed by atoms with Crippen molar-refractivity contribution in [3.63, 3.8) is 0 Å². The van der Waals surface area contributed by atoms with Crippen LogP contribution < -0.4 is 19.7 Å². The molecule has 0 spiro atoms. The fraction of sp³-hybridized carbons (Fsp3) is 0.148. The first-order valence-corrected chi connectivity index (χ1v) is 12.6. The number of ether oxygens (including phenoxy) is 2. The van der Waals surface area contributed by atoms with Gasteiger partial charge in [0.15, 0.2) is 0 Å². The van der Waals surface area contributed by atoms with Crippen molar-refractivity contribution in [2.24, 2.45) is 0 Å². The second-order valence-electron chi connectivity index (χ2n) is 8.22. The Morgan fingerprint density at radius 3 is 2.25 bits per heavy atom. The van der Waals surface area contributed by atoms with Crippen LogP contribution in [0.3, 0.4) is 0 Å². The molecule has 7 nitrogen and oxygen atoms in total. The molecule has 184 valence electrons. The molecule has 0 radical (unpaired) electrons. The molecule has 0 bridgehead atoms. The van der Waals surface area contributed by atoms with Gasteiger partial charge in [-0.1, -0.05) is 44.0 Å². The van der Waals surface area contributed by atoms with Crippen molar-refractivity contribution in [1.29, 1.82) is 0 Å². The number of nitrogens with one attached hydrogen (secondary N) is 1. The maximum Gasteiger partial charge on any atom is 0.335 e. The van der Waals surface area contributed by atoms with E-state index in [0.29, 0.717) is 29.4 Å². The summed E-state index contributed by atoms with van der Waals surface area (Å²) in [4.78, 5) is 39.4. The molecule has 4 amide bonds. The second-order valence-corrected chi connectivity index (χ2v) is 10.0. The third kappa shape index (κ3) is 6.03. The van der Waals surface area contributed by atoms with Gasteiger partial charge in [0.1, 0.15) is 23.7 Å². The van der Waals surface area contributed by atoms with Crippen LogP contribution in [0, 0.1) is 0 Å². The lowest BCUT2D eigenvalue weighted by Crippen LogP contribution is -2.54. The molecule has 4 rings (SSSR count). The van der Waals surface area contributed by atoms with Crippen LogP contribution in [0.4, 0.5) is 10.5 Å². The van der Waals surface area contributed by atoms with Gasteiger partial charge in [0.05, 0.1) is 11.8 Å². The Kier molecular flexibility index (Phi) is 7.91. The number of hydrogen-bond acceptors (Lipinski definition) is 5. The summed E-state index contributed by atoms with van der Waals surface area (Å²) >= 11 is 6.80. The largest absolute Gasteiger partial charge is 0.490 e. The average Bonchev–Trinajstić information content (AvgIpc) is 2.83. The predicted molar refractivity (Wildman–Crippen MR) is 144 cm³/mol. The number of halogens is 2. The number of urea groups is 1. The summed E-state index contributed by atoms with van der Waals surface area (Å²) in [7, 11) is 0. The van der Waals surface area contributed by atoms with Crippen molar-refractivity contribution >= 4 is 61.5 Å². The van der Waals surface area contributed by atoms with E-state index in [4.69, 9.17) is 9.47 Å². The first kappa shape index (κ1) is 25.7. The zero-order valence-electron chi connectivity index (χ0n) is 19.5. The standard InChI is InChI=1S/C27H22Br2N2O5/c1-16(2)36-24-12-7-20(29)13-18(24)14-23-25(32)30-27(34)31(26(23)33)21-8-10-22(11-9-21)35-15-17-3-5-19(28)6-4-17/h3-14,16H,15H2,1-2H3,(H,30,32,34)/b23-14+. The monoisotopic (exact) mass is 612 g/mol. The maximum absolute atomic E-state index is 13.3. The molecule has 1 saturated heterocycles. The summed E-state index contributed by atoms with van der Waals surface area (Å²) in [5, 5.41) is 2.24. The second kappa shape index (κ2) is 11.1. The number of carbonyl (C=O) groups is 3. The van der Waals surface area contributed by atoms with Crippen LogP contribution in [0.5, 0.6) is 11.5 Å². The lowest BCUT2D eigenvalue weighted by atomic mass is 10.1. The first-order chi connectivity index (χ1) is 17.2. The Bertz CT molecular complexity index is 1340. The fourth-order valence-corrected chi connectivity index (χ4v) is 4.12. The van der Waals surface area contributed by atoms with Crippen molar-refractivity contribution in [1.82, 2.24) is 5.32 Å². The Hall–Kier alpha value is -3.43. The van der Waals surface area contributed by atoms with Crippen LogP contribution in [0.15, 0.2) is 81.2 Å². The molecule has 1 aliphatic rings. The Labute approximate surface area is 225 Å². The molecule has 0 saturated carbocycles. The molecule has 1 fully saturated rings. The number of rotatable bonds is 7. The van der Waals surface area contributed by atoms with Gasteiger partial charge in [-0.05, 0) is 80.1 Å². The number of amides is 4. The third-order valence-corrected chi connectivity index (χ3v) is 6.17. The highest BCUT2D eigenvalue weighted by Crippen LogP contribution is 2.29. The van der Waals surface area contributed by atoms with Gasteiger partial charge in [-0.3, -0.25) is 14.9 Å². The normalized spacial score (nSPS) is 14.9. The van der Waals surface area contributed by atoms with E-state index in [1.165, 1.54) is 6.08 Å². The Morgan fingerprint density at radius 2 is 1.58 bits per heavy atom. The van der Waals surface area contributed by atoms with Gasteiger partial charge < -0.3 is 9.47 Å². The zero-order valence-corrected chi connectivity index (χ0v) is 22.6. The average molecular weight is 614 g/mol. The zero-order chi connectivity index (χ0) is 25.8. The summed E-state index contributed by atoms with van der Waals surface area (Å²) in [6.45, 7) is 4.12. The van der Waals surface area contributed by atoms with Crippen LogP contribution in [-0.4, -0.2) is 23.9 Å². The molecule has 3 aromatic rings. The molecule has 1 N–H and O–H groups in total. The quantitative estimate of drug-likeness (QED) is 0.252. The van der Waals surface area contributed by atoms with Gasteiger partial charge in [-0.15, -0.1) is 0 Å². The van der Waals surface area contributed by atoms with Crippen molar-refractivity contribution in [2.45, 2.75) is 26.6 Å². The number of imide groups is 2. The van der Waals surface area contributed by atoms with Crippen LogP contribution in [-0.2, 0) is 16.2 Å². The highest BCUT2D eigenvalue weighted by atomic mass is 79.9. The maximum atomic E-state index is 13.3. The highest BCUT2D eigenvalue weighted by molar-refractivity contribution is 9.10. The molecule has 1 heterocycles. The molecule has 0 aliphatic carbocycles. The van der Waals surface area contributed by atoms with Crippen LogP contribution in [0.25, 0.3) is 6.08 Å². The number of benzene rings is 3. The summed E-state index contributed by atoms with van der Waals surface area (Å²) in [5.41, 5.74) is 1.65. The van der Waals surface area contributed by atoms with E-state index in [2.05, 4.69) is 37.2 Å². The van der Waals surface area contributed by atoms with Crippen molar-refractivity contribution in [3.8, 4) is 11.5 Å². The van der Waals surface area contributed by atoms with Crippen LogP contribution >= 0.6 is 31.9 Å². The van der Waals surface area contributed by atoms with Gasteiger partial charge in [0, 0.05) is 14.5 Å². The number of nitrogens with zero attached hydrogens (tertiary/aromatic N) is 1. The molecule has 1 aliphatic heterocycles. The van der Waals surface area contributed by atoms with E-state index in [1.807, 2.05) is 38.1 Å². The fourth-order valence-electron chi connectivity index (χ4n) is 3.48. The Balaban J connectivity index is 1.56. The van der Waals surface area contributed by atoms with Crippen molar-refractivity contribution < 1.29 is 23.9 Å². The van der Waals surface area contributed by atoms with Gasteiger partial charge in [-0.2, -0.15) is 0 Å². The van der Waals surface area contributed by atoms with Crippen molar-refractivity contribution in [2.75, 3.05) is 4.90 Å². The van der Waals surface area contributed by atoms with E-state index in [-0.39, 0.29) is 11.7 Å². The topological polar surface area (TPSA) is 84.9 Å². The molecule has 36 heavy (non-hydrogen) atoms. The molecule has 3 aromatic carbocycles. The SMILES string of the molecule is CC(C)Oc1ccc(Br)cc1/C=C1\C(=O)NC(=O)N(c2ccc(OCc3ccc(Br)cc3)cc2)C1=O. The van der Waals surface area contributed by atoms with Crippen molar-refractivity contribution in [3.05, 3.63) is 92.4 Å². The minimum absolute atomic E-state index is 0.109. The molecule has 0 unspecified atom stereocenters. The van der Waals surface area contributed by atoms with E-state index in [1.54, 1.807) is 42.5 Å². The first-order valence-electron chi connectivity index (χ1n) is 11.1. The van der Waals surface area contributed by atoms with Crippen LogP contribution in [0.2, 0.25) is 0 Å². The van der Waals surface area contributed by atoms with Gasteiger partial charge >= 0.3 is 6.03 Å². The number of barbiturate groups is 1. The summed E-state index contributed by atoms with van der Waals surface area (Å²) in [6, 6.07) is 18.7. The van der Waals surface area contributed by atoms with Gasteiger partial charge in [0.2, 0.25) is 0 Å². The lowest BCUT2D eigenvalue weighted by Gasteiger charge is -2.26. The van der Waals surface area contributed by atoms with E-state index in [9.17, 15) is 14.4 Å². The molecule has 9 heteroatoms. The smallest absolute Gasteiger partial charge is 0.335 e.